The molecule has 148 valence electrons. The summed E-state index contributed by atoms with van der Waals surface area (Å²) >= 11 is 3.60. The number of hydrogen-bond acceptors (Lipinski definition) is 5. The van der Waals surface area contributed by atoms with Crippen molar-refractivity contribution in [3.8, 4) is 0 Å². The SMILES string of the molecule is CCNC(=NCc1sc(C)nc1C)NCC1CCCN(Cc2cccs2)C1. The van der Waals surface area contributed by atoms with E-state index in [2.05, 4.69) is 58.8 Å². The first-order valence-corrected chi connectivity index (χ1v) is 11.5. The maximum atomic E-state index is 4.78. The molecule has 2 aromatic rings. The van der Waals surface area contributed by atoms with Gasteiger partial charge in [0.25, 0.3) is 0 Å². The van der Waals surface area contributed by atoms with E-state index in [-0.39, 0.29) is 0 Å². The van der Waals surface area contributed by atoms with Crippen LogP contribution in [-0.2, 0) is 13.1 Å². The number of aryl methyl sites for hydroxylation is 2. The van der Waals surface area contributed by atoms with Crippen LogP contribution in [0.1, 0.15) is 40.2 Å². The second-order valence-electron chi connectivity index (χ2n) is 7.14. The molecule has 0 amide bonds. The zero-order chi connectivity index (χ0) is 19.1. The van der Waals surface area contributed by atoms with Gasteiger partial charge in [0.2, 0.25) is 0 Å². The van der Waals surface area contributed by atoms with Gasteiger partial charge in [0.15, 0.2) is 5.96 Å². The summed E-state index contributed by atoms with van der Waals surface area (Å²) in [5.41, 5.74) is 1.11. The minimum atomic E-state index is 0.676. The lowest BCUT2D eigenvalue weighted by Crippen LogP contribution is -2.44. The number of hydrogen-bond donors (Lipinski definition) is 2. The van der Waals surface area contributed by atoms with Gasteiger partial charge < -0.3 is 10.6 Å². The molecule has 0 aliphatic carbocycles. The van der Waals surface area contributed by atoms with Crippen LogP contribution in [0.3, 0.4) is 0 Å². The Morgan fingerprint density at radius 3 is 2.96 bits per heavy atom. The Bertz CT molecular complexity index is 723. The first-order valence-electron chi connectivity index (χ1n) is 9.84. The van der Waals surface area contributed by atoms with Crippen LogP contribution in [-0.4, -0.2) is 42.0 Å². The number of guanidine groups is 1. The number of nitrogens with zero attached hydrogens (tertiary/aromatic N) is 3. The Labute approximate surface area is 170 Å². The topological polar surface area (TPSA) is 52.6 Å². The molecule has 3 rings (SSSR count). The maximum absolute atomic E-state index is 4.78. The fraction of sp³-hybridized carbons (Fsp3) is 0.600. The number of thiazole rings is 1. The minimum Gasteiger partial charge on any atom is -0.357 e. The summed E-state index contributed by atoms with van der Waals surface area (Å²) in [6, 6.07) is 4.39. The molecule has 1 saturated heterocycles. The van der Waals surface area contributed by atoms with Crippen LogP contribution in [0.5, 0.6) is 0 Å². The third kappa shape index (κ3) is 6.30. The van der Waals surface area contributed by atoms with Crippen LogP contribution in [0, 0.1) is 19.8 Å². The van der Waals surface area contributed by atoms with Crippen LogP contribution in [0.15, 0.2) is 22.5 Å². The van der Waals surface area contributed by atoms with Crippen molar-refractivity contribution < 1.29 is 0 Å². The van der Waals surface area contributed by atoms with Gasteiger partial charge in [-0.15, -0.1) is 22.7 Å². The van der Waals surface area contributed by atoms with Gasteiger partial charge >= 0.3 is 0 Å². The molecule has 1 atom stereocenters. The van der Waals surface area contributed by atoms with Gasteiger partial charge in [-0.2, -0.15) is 0 Å². The van der Waals surface area contributed by atoms with E-state index >= 15 is 0 Å². The third-order valence-corrected chi connectivity index (χ3v) is 6.76. The molecule has 1 fully saturated rings. The predicted octanol–water partition coefficient (Wildman–Crippen LogP) is 3.79. The first-order chi connectivity index (χ1) is 13.1. The Morgan fingerprint density at radius 1 is 1.37 bits per heavy atom. The molecule has 0 spiro atoms. The summed E-state index contributed by atoms with van der Waals surface area (Å²) in [6.45, 7) is 12.3. The van der Waals surface area contributed by atoms with Gasteiger partial charge in [-0.1, -0.05) is 6.07 Å². The van der Waals surface area contributed by atoms with Crippen LogP contribution in [0.2, 0.25) is 0 Å². The Hall–Kier alpha value is -1.44. The summed E-state index contributed by atoms with van der Waals surface area (Å²) in [6.07, 6.45) is 2.57. The molecule has 0 aromatic carbocycles. The van der Waals surface area contributed by atoms with Crippen molar-refractivity contribution in [3.63, 3.8) is 0 Å². The number of thiophene rings is 1. The summed E-state index contributed by atoms with van der Waals surface area (Å²) in [5.74, 6) is 1.59. The standard InChI is InChI=1S/C20H31N5S2/c1-4-21-20(23-12-19-15(2)24-16(3)27-19)22-11-17-7-5-9-25(13-17)14-18-8-6-10-26-18/h6,8,10,17H,4-5,7,9,11-14H2,1-3H3,(H2,21,22,23). The molecule has 7 heteroatoms. The van der Waals surface area contributed by atoms with Crippen molar-refractivity contribution in [2.45, 2.75) is 46.7 Å². The first kappa shape index (κ1) is 20.3. The second-order valence-corrected chi connectivity index (χ2v) is 9.46. The molecular weight excluding hydrogens is 374 g/mol. The van der Waals surface area contributed by atoms with Crippen LogP contribution in [0.25, 0.3) is 0 Å². The smallest absolute Gasteiger partial charge is 0.191 e. The minimum absolute atomic E-state index is 0.676. The number of aromatic nitrogens is 1. The van der Waals surface area contributed by atoms with Gasteiger partial charge in [0.1, 0.15) is 0 Å². The van der Waals surface area contributed by atoms with E-state index in [1.54, 1.807) is 11.3 Å². The lowest BCUT2D eigenvalue weighted by molar-refractivity contribution is 0.169. The fourth-order valence-corrected chi connectivity index (χ4v) is 5.15. The van der Waals surface area contributed by atoms with Crippen molar-refractivity contribution in [1.29, 1.82) is 0 Å². The van der Waals surface area contributed by atoms with Crippen molar-refractivity contribution >= 4 is 28.6 Å². The van der Waals surface area contributed by atoms with E-state index in [0.717, 1.165) is 42.8 Å². The number of nitrogens with one attached hydrogen (secondary N) is 2. The lowest BCUT2D eigenvalue weighted by atomic mass is 9.98. The molecule has 1 aliphatic rings. The molecular formula is C20H31N5S2. The molecule has 2 aromatic heterocycles. The zero-order valence-corrected chi connectivity index (χ0v) is 18.3. The number of likely N-dealkylation sites (tertiary alicyclic amines) is 1. The van der Waals surface area contributed by atoms with Crippen LogP contribution in [0.4, 0.5) is 0 Å². The van der Waals surface area contributed by atoms with E-state index in [9.17, 15) is 0 Å². The number of aliphatic imine (C=N–C) groups is 1. The molecule has 1 aliphatic heterocycles. The van der Waals surface area contributed by atoms with Gasteiger partial charge in [0.05, 0.1) is 17.2 Å². The summed E-state index contributed by atoms with van der Waals surface area (Å²) in [4.78, 5) is 14.6. The Balaban J connectivity index is 1.50. The molecule has 5 nitrogen and oxygen atoms in total. The van der Waals surface area contributed by atoms with Crippen LogP contribution >= 0.6 is 22.7 Å². The van der Waals surface area contributed by atoms with Crippen molar-refractivity contribution in [3.05, 3.63) is 38.0 Å². The van der Waals surface area contributed by atoms with Gasteiger partial charge in [-0.25, -0.2) is 9.98 Å². The van der Waals surface area contributed by atoms with E-state index in [1.807, 2.05) is 11.3 Å². The monoisotopic (exact) mass is 405 g/mol. The molecule has 0 saturated carbocycles. The Morgan fingerprint density at radius 2 is 2.26 bits per heavy atom. The van der Waals surface area contributed by atoms with Crippen molar-refractivity contribution in [1.82, 2.24) is 20.5 Å². The predicted molar refractivity (Wildman–Crippen MR) is 117 cm³/mol. The maximum Gasteiger partial charge on any atom is 0.191 e. The number of piperidine rings is 1. The van der Waals surface area contributed by atoms with E-state index in [1.165, 1.54) is 29.1 Å². The van der Waals surface area contributed by atoms with Gasteiger partial charge in [-0.3, -0.25) is 4.90 Å². The summed E-state index contributed by atoms with van der Waals surface area (Å²) < 4.78 is 0. The van der Waals surface area contributed by atoms with E-state index in [0.29, 0.717) is 12.5 Å². The summed E-state index contributed by atoms with van der Waals surface area (Å²) in [5, 5.41) is 10.2. The molecule has 27 heavy (non-hydrogen) atoms. The summed E-state index contributed by atoms with van der Waals surface area (Å²) in [7, 11) is 0. The van der Waals surface area contributed by atoms with Gasteiger partial charge in [-0.05, 0) is 57.5 Å². The molecule has 0 bridgehead atoms. The third-order valence-electron chi connectivity index (χ3n) is 4.85. The fourth-order valence-electron chi connectivity index (χ4n) is 3.54. The van der Waals surface area contributed by atoms with E-state index < -0.39 is 0 Å². The highest BCUT2D eigenvalue weighted by atomic mass is 32.1. The largest absolute Gasteiger partial charge is 0.357 e. The Kier molecular flexibility index (Phi) is 7.67. The normalized spacial score (nSPS) is 18.6. The highest BCUT2D eigenvalue weighted by molar-refractivity contribution is 7.11. The molecule has 3 heterocycles. The highest BCUT2D eigenvalue weighted by Gasteiger charge is 2.20. The lowest BCUT2D eigenvalue weighted by Gasteiger charge is -2.32. The van der Waals surface area contributed by atoms with Crippen molar-refractivity contribution in [2.24, 2.45) is 10.9 Å². The molecule has 2 N–H and O–H groups in total. The molecule has 1 unspecified atom stereocenters. The van der Waals surface area contributed by atoms with Gasteiger partial charge in [0, 0.05) is 35.9 Å². The quantitative estimate of drug-likeness (QED) is 0.544. The van der Waals surface area contributed by atoms with Crippen LogP contribution < -0.4 is 10.6 Å². The number of rotatable bonds is 7. The average Bonchev–Trinajstić information content (AvgIpc) is 3.27. The average molecular weight is 406 g/mol. The second kappa shape index (κ2) is 10.2. The zero-order valence-electron chi connectivity index (χ0n) is 16.6. The van der Waals surface area contributed by atoms with E-state index in [4.69, 9.17) is 4.99 Å². The highest BCUT2D eigenvalue weighted by Crippen LogP contribution is 2.20. The van der Waals surface area contributed by atoms with Crippen molar-refractivity contribution in [2.75, 3.05) is 26.2 Å². The molecule has 0 radical (unpaired) electrons.